The van der Waals surface area contributed by atoms with Crippen LogP contribution in [-0.2, 0) is 11.3 Å². The monoisotopic (exact) mass is 321 g/mol. The Morgan fingerprint density at radius 1 is 1.41 bits per heavy atom. The summed E-state index contributed by atoms with van der Waals surface area (Å²) in [5.74, 6) is 0.878. The quantitative estimate of drug-likeness (QED) is 0.915. The molecular weight excluding hydrogens is 298 g/mol. The molecule has 2 atom stereocenters. The molecule has 2 heterocycles. The summed E-state index contributed by atoms with van der Waals surface area (Å²) in [5.41, 5.74) is 6.99. The van der Waals surface area contributed by atoms with Crippen LogP contribution in [0.4, 0.5) is 0 Å². The lowest BCUT2D eigenvalue weighted by Gasteiger charge is -2.37. The highest BCUT2D eigenvalue weighted by Crippen LogP contribution is 2.28. The van der Waals surface area contributed by atoms with E-state index in [0.717, 1.165) is 42.2 Å². The molecule has 6 heteroatoms. The Morgan fingerprint density at radius 2 is 2.27 bits per heavy atom. The van der Waals surface area contributed by atoms with Crippen molar-refractivity contribution in [3.63, 3.8) is 0 Å². The molecule has 2 unspecified atom stereocenters. The van der Waals surface area contributed by atoms with Gasteiger partial charge in [0, 0.05) is 26.2 Å². The third-order valence-corrected chi connectivity index (χ3v) is 5.38. The van der Waals surface area contributed by atoms with E-state index in [9.17, 15) is 0 Å². The average Bonchev–Trinajstić information content (AvgIpc) is 2.96. The minimum Gasteiger partial charge on any atom is -0.497 e. The van der Waals surface area contributed by atoms with Gasteiger partial charge in [0.25, 0.3) is 0 Å². The highest BCUT2D eigenvalue weighted by atomic mass is 32.1. The molecule has 1 aliphatic heterocycles. The van der Waals surface area contributed by atoms with Crippen molar-refractivity contribution < 1.29 is 9.47 Å². The van der Waals surface area contributed by atoms with Crippen molar-refractivity contribution in [2.45, 2.75) is 31.5 Å². The van der Waals surface area contributed by atoms with Crippen LogP contribution in [0.5, 0.6) is 5.75 Å². The number of methoxy groups -OCH3 is 2. The van der Waals surface area contributed by atoms with Gasteiger partial charge >= 0.3 is 0 Å². The number of thiazole rings is 1. The fraction of sp³-hybridized carbons (Fsp3) is 0.562. The Balaban J connectivity index is 1.74. The highest BCUT2D eigenvalue weighted by molar-refractivity contribution is 7.18. The topological polar surface area (TPSA) is 60.6 Å². The maximum absolute atomic E-state index is 5.95. The van der Waals surface area contributed by atoms with Crippen molar-refractivity contribution in [3.05, 3.63) is 23.2 Å². The second-order valence-corrected chi connectivity index (χ2v) is 6.80. The van der Waals surface area contributed by atoms with Gasteiger partial charge in [0.1, 0.15) is 10.8 Å². The van der Waals surface area contributed by atoms with Crippen LogP contribution in [0.3, 0.4) is 0 Å². The molecule has 3 rings (SSSR count). The van der Waals surface area contributed by atoms with E-state index in [2.05, 4.69) is 4.90 Å². The zero-order chi connectivity index (χ0) is 15.5. The van der Waals surface area contributed by atoms with E-state index in [1.807, 2.05) is 18.2 Å². The summed E-state index contributed by atoms with van der Waals surface area (Å²) in [6, 6.07) is 6.40. The maximum atomic E-state index is 5.95. The number of benzene rings is 1. The molecule has 0 bridgehead atoms. The lowest BCUT2D eigenvalue weighted by atomic mass is 9.99. The third kappa shape index (κ3) is 3.25. The second kappa shape index (κ2) is 6.91. The molecule has 1 aromatic carbocycles. The number of fused-ring (bicyclic) bond motifs is 1. The first kappa shape index (κ1) is 15.7. The molecule has 0 radical (unpaired) electrons. The summed E-state index contributed by atoms with van der Waals surface area (Å²) in [5, 5.41) is 1.14. The lowest BCUT2D eigenvalue weighted by molar-refractivity contribution is 0.0102. The van der Waals surface area contributed by atoms with E-state index < -0.39 is 0 Å². The van der Waals surface area contributed by atoms with Crippen LogP contribution in [0.1, 0.15) is 17.8 Å². The van der Waals surface area contributed by atoms with Crippen LogP contribution in [0, 0.1) is 0 Å². The zero-order valence-corrected chi connectivity index (χ0v) is 13.9. The Hall–Kier alpha value is -1.21. The number of hydrogen-bond acceptors (Lipinski definition) is 6. The van der Waals surface area contributed by atoms with E-state index in [1.165, 1.54) is 4.70 Å². The van der Waals surface area contributed by atoms with E-state index in [4.69, 9.17) is 20.2 Å². The van der Waals surface area contributed by atoms with Crippen LogP contribution in [0.25, 0.3) is 10.2 Å². The summed E-state index contributed by atoms with van der Waals surface area (Å²) in [6.07, 6.45) is 2.40. The van der Waals surface area contributed by atoms with Gasteiger partial charge in [0.15, 0.2) is 0 Å². The molecule has 2 N–H and O–H groups in total. The number of aromatic nitrogens is 1. The van der Waals surface area contributed by atoms with Crippen molar-refractivity contribution in [2.75, 3.05) is 27.3 Å². The Kier molecular flexibility index (Phi) is 4.93. The highest BCUT2D eigenvalue weighted by Gasteiger charge is 2.28. The smallest absolute Gasteiger partial charge is 0.120 e. The summed E-state index contributed by atoms with van der Waals surface area (Å²) >= 11 is 1.73. The summed E-state index contributed by atoms with van der Waals surface area (Å²) in [6.45, 7) is 2.54. The average molecular weight is 321 g/mol. The number of ether oxygens (including phenoxy) is 2. The molecule has 1 aliphatic rings. The molecule has 1 saturated heterocycles. The van der Waals surface area contributed by atoms with Gasteiger partial charge in [-0.1, -0.05) is 0 Å². The molecule has 0 saturated carbocycles. The fourth-order valence-corrected chi connectivity index (χ4v) is 4.07. The van der Waals surface area contributed by atoms with E-state index in [-0.39, 0.29) is 0 Å². The van der Waals surface area contributed by atoms with Gasteiger partial charge < -0.3 is 15.2 Å². The molecule has 0 amide bonds. The van der Waals surface area contributed by atoms with E-state index in [1.54, 1.807) is 25.6 Å². The summed E-state index contributed by atoms with van der Waals surface area (Å²) < 4.78 is 11.9. The lowest BCUT2D eigenvalue weighted by Crippen LogP contribution is -2.47. The number of hydrogen-bond donors (Lipinski definition) is 1. The van der Waals surface area contributed by atoms with E-state index >= 15 is 0 Å². The van der Waals surface area contributed by atoms with Crippen LogP contribution >= 0.6 is 11.3 Å². The molecule has 5 nitrogen and oxygen atoms in total. The van der Waals surface area contributed by atoms with Crippen LogP contribution in [0.15, 0.2) is 18.2 Å². The molecule has 22 heavy (non-hydrogen) atoms. The number of likely N-dealkylation sites (tertiary alicyclic amines) is 1. The summed E-state index contributed by atoms with van der Waals surface area (Å²) in [7, 11) is 3.48. The van der Waals surface area contributed by atoms with Crippen LogP contribution in [-0.4, -0.2) is 49.3 Å². The Morgan fingerprint density at radius 3 is 3.00 bits per heavy atom. The van der Waals surface area contributed by atoms with Crippen molar-refractivity contribution >= 4 is 21.6 Å². The molecular formula is C16H23N3O2S. The number of rotatable bonds is 5. The molecule has 120 valence electrons. The standard InChI is InChI=1S/C16H23N3O2S/c1-20-12-3-4-14-15(8-12)22-16(18-14)10-19-6-5-13(21-2)7-11(19)9-17/h3-4,8,11,13H,5-7,9-10,17H2,1-2H3. The largest absolute Gasteiger partial charge is 0.497 e. The second-order valence-electron chi connectivity index (χ2n) is 5.68. The normalized spacial score (nSPS) is 23.0. The molecule has 1 fully saturated rings. The Bertz CT molecular complexity index is 631. The van der Waals surface area contributed by atoms with Gasteiger partial charge in [-0.05, 0) is 31.0 Å². The molecule has 0 aliphatic carbocycles. The first-order chi connectivity index (χ1) is 10.7. The number of nitrogens with two attached hydrogens (primary N) is 1. The van der Waals surface area contributed by atoms with Gasteiger partial charge in [-0.15, -0.1) is 11.3 Å². The van der Waals surface area contributed by atoms with Gasteiger partial charge in [-0.2, -0.15) is 0 Å². The molecule has 1 aromatic heterocycles. The number of piperidine rings is 1. The predicted molar refractivity (Wildman–Crippen MR) is 89.5 cm³/mol. The molecule has 0 spiro atoms. The Labute approximate surface area is 135 Å². The predicted octanol–water partition coefficient (Wildman–Crippen LogP) is 2.24. The van der Waals surface area contributed by atoms with Crippen LogP contribution < -0.4 is 10.5 Å². The first-order valence-corrected chi connectivity index (χ1v) is 8.45. The van der Waals surface area contributed by atoms with Crippen molar-refractivity contribution in [3.8, 4) is 5.75 Å². The number of nitrogens with zero attached hydrogens (tertiary/aromatic N) is 2. The fourth-order valence-electron chi connectivity index (χ4n) is 3.05. The zero-order valence-electron chi connectivity index (χ0n) is 13.1. The maximum Gasteiger partial charge on any atom is 0.120 e. The minimum absolute atomic E-state index is 0.337. The summed E-state index contributed by atoms with van der Waals surface area (Å²) in [4.78, 5) is 7.17. The van der Waals surface area contributed by atoms with E-state index in [0.29, 0.717) is 18.7 Å². The van der Waals surface area contributed by atoms with Gasteiger partial charge in [0.2, 0.25) is 0 Å². The van der Waals surface area contributed by atoms with Gasteiger partial charge in [-0.25, -0.2) is 4.98 Å². The third-order valence-electron chi connectivity index (χ3n) is 4.37. The van der Waals surface area contributed by atoms with Crippen molar-refractivity contribution in [2.24, 2.45) is 5.73 Å². The SMILES string of the molecule is COc1ccc2nc(CN3CCC(OC)CC3CN)sc2c1. The van der Waals surface area contributed by atoms with Crippen molar-refractivity contribution in [1.82, 2.24) is 9.88 Å². The minimum atomic E-state index is 0.337. The van der Waals surface area contributed by atoms with Gasteiger partial charge in [-0.3, -0.25) is 4.90 Å². The molecule has 2 aromatic rings. The van der Waals surface area contributed by atoms with Crippen LogP contribution in [0.2, 0.25) is 0 Å². The first-order valence-electron chi connectivity index (χ1n) is 7.64. The van der Waals surface area contributed by atoms with Gasteiger partial charge in [0.05, 0.1) is 30.0 Å². The van der Waals surface area contributed by atoms with Crippen molar-refractivity contribution in [1.29, 1.82) is 0 Å².